The van der Waals surface area contributed by atoms with Gasteiger partial charge in [0.25, 0.3) is 5.56 Å². The molecule has 0 fully saturated rings. The molecule has 0 aliphatic carbocycles. The van der Waals surface area contributed by atoms with Crippen molar-refractivity contribution in [2.75, 3.05) is 13.2 Å². The topological polar surface area (TPSA) is 69.6 Å². The van der Waals surface area contributed by atoms with Crippen LogP contribution in [0, 0.1) is 0 Å². The van der Waals surface area contributed by atoms with Crippen LogP contribution in [-0.2, 0) is 11.3 Å². The standard InChI is InChI=1S/C19H24N2O4/c1-4-24-16-10-9-15(12-17(16)25-5-2)14(3)20-18(22)13-21-11-7-6-8-19(21)23/h6-12,14H,4-5,13H2,1-3H3,(H,20,22). The Kier molecular flexibility index (Phi) is 6.62. The number of benzene rings is 1. The number of pyridine rings is 1. The lowest BCUT2D eigenvalue weighted by molar-refractivity contribution is -0.122. The lowest BCUT2D eigenvalue weighted by Gasteiger charge is -2.18. The number of aromatic nitrogens is 1. The van der Waals surface area contributed by atoms with E-state index in [0.717, 1.165) is 5.56 Å². The molecule has 0 aliphatic heterocycles. The molecule has 1 aromatic carbocycles. The van der Waals surface area contributed by atoms with Crippen LogP contribution >= 0.6 is 0 Å². The van der Waals surface area contributed by atoms with Crippen LogP contribution < -0.4 is 20.3 Å². The minimum Gasteiger partial charge on any atom is -0.490 e. The highest BCUT2D eigenvalue weighted by Gasteiger charge is 2.13. The maximum Gasteiger partial charge on any atom is 0.250 e. The second kappa shape index (κ2) is 8.92. The summed E-state index contributed by atoms with van der Waals surface area (Å²) >= 11 is 0. The van der Waals surface area contributed by atoms with Gasteiger partial charge in [-0.3, -0.25) is 9.59 Å². The largest absolute Gasteiger partial charge is 0.490 e. The van der Waals surface area contributed by atoms with Gasteiger partial charge in [0.1, 0.15) is 6.54 Å². The van der Waals surface area contributed by atoms with Crippen LogP contribution in [0.5, 0.6) is 11.5 Å². The molecule has 1 heterocycles. The van der Waals surface area contributed by atoms with E-state index in [2.05, 4.69) is 5.32 Å². The Morgan fingerprint density at radius 2 is 1.84 bits per heavy atom. The molecular formula is C19H24N2O4. The van der Waals surface area contributed by atoms with E-state index in [0.29, 0.717) is 24.7 Å². The summed E-state index contributed by atoms with van der Waals surface area (Å²) in [6.45, 7) is 6.78. The Morgan fingerprint density at radius 1 is 1.12 bits per heavy atom. The van der Waals surface area contributed by atoms with E-state index in [4.69, 9.17) is 9.47 Å². The first-order valence-electron chi connectivity index (χ1n) is 8.39. The number of hydrogen-bond acceptors (Lipinski definition) is 4. The molecule has 0 radical (unpaired) electrons. The molecule has 1 amide bonds. The number of nitrogens with zero attached hydrogens (tertiary/aromatic N) is 1. The average Bonchev–Trinajstić information content (AvgIpc) is 2.59. The molecule has 1 unspecified atom stereocenters. The van der Waals surface area contributed by atoms with Gasteiger partial charge in [-0.2, -0.15) is 0 Å². The Bertz CT molecular complexity index is 770. The van der Waals surface area contributed by atoms with Crippen molar-refractivity contribution in [1.82, 2.24) is 9.88 Å². The van der Waals surface area contributed by atoms with Gasteiger partial charge in [0.15, 0.2) is 11.5 Å². The summed E-state index contributed by atoms with van der Waals surface area (Å²) in [7, 11) is 0. The molecule has 1 aromatic heterocycles. The van der Waals surface area contributed by atoms with E-state index in [-0.39, 0.29) is 24.1 Å². The van der Waals surface area contributed by atoms with E-state index < -0.39 is 0 Å². The lowest BCUT2D eigenvalue weighted by Crippen LogP contribution is -2.33. The molecule has 25 heavy (non-hydrogen) atoms. The smallest absolute Gasteiger partial charge is 0.250 e. The SMILES string of the molecule is CCOc1ccc(C(C)NC(=O)Cn2ccccc2=O)cc1OCC. The number of ether oxygens (including phenoxy) is 2. The van der Waals surface area contributed by atoms with Crippen LogP contribution in [0.2, 0.25) is 0 Å². The van der Waals surface area contributed by atoms with Crippen molar-refractivity contribution in [1.29, 1.82) is 0 Å². The van der Waals surface area contributed by atoms with Gasteiger partial charge in [0, 0.05) is 12.3 Å². The van der Waals surface area contributed by atoms with Gasteiger partial charge in [-0.25, -0.2) is 0 Å². The predicted octanol–water partition coefficient (Wildman–Crippen LogP) is 2.52. The highest BCUT2D eigenvalue weighted by Crippen LogP contribution is 2.30. The highest BCUT2D eigenvalue weighted by atomic mass is 16.5. The Morgan fingerprint density at radius 3 is 2.52 bits per heavy atom. The van der Waals surface area contributed by atoms with Crippen molar-refractivity contribution in [3.8, 4) is 11.5 Å². The van der Waals surface area contributed by atoms with E-state index in [9.17, 15) is 9.59 Å². The fourth-order valence-electron chi connectivity index (χ4n) is 2.45. The summed E-state index contributed by atoms with van der Waals surface area (Å²) in [5.74, 6) is 1.11. The average molecular weight is 344 g/mol. The molecule has 2 aromatic rings. The molecule has 2 rings (SSSR count). The Hall–Kier alpha value is -2.76. The highest BCUT2D eigenvalue weighted by molar-refractivity contribution is 5.76. The van der Waals surface area contributed by atoms with E-state index in [1.54, 1.807) is 18.3 Å². The molecule has 6 heteroatoms. The minimum atomic E-state index is -0.229. The van der Waals surface area contributed by atoms with Gasteiger partial charge < -0.3 is 19.4 Å². The third-order valence-electron chi connectivity index (χ3n) is 3.66. The van der Waals surface area contributed by atoms with E-state index in [1.807, 2.05) is 39.0 Å². The maximum absolute atomic E-state index is 12.2. The molecule has 0 saturated carbocycles. The van der Waals surface area contributed by atoms with Gasteiger partial charge in [0.2, 0.25) is 5.91 Å². The number of carbonyl (C=O) groups excluding carboxylic acids is 1. The number of nitrogens with one attached hydrogen (secondary N) is 1. The number of rotatable bonds is 8. The fourth-order valence-corrected chi connectivity index (χ4v) is 2.45. The normalized spacial score (nSPS) is 11.6. The quantitative estimate of drug-likeness (QED) is 0.799. The van der Waals surface area contributed by atoms with Gasteiger partial charge in [-0.15, -0.1) is 0 Å². The van der Waals surface area contributed by atoms with Gasteiger partial charge in [-0.1, -0.05) is 12.1 Å². The molecule has 0 aliphatic rings. The van der Waals surface area contributed by atoms with E-state index >= 15 is 0 Å². The Labute approximate surface area is 147 Å². The first kappa shape index (κ1) is 18.6. The molecular weight excluding hydrogens is 320 g/mol. The van der Waals surface area contributed by atoms with Crippen LogP contribution in [-0.4, -0.2) is 23.7 Å². The van der Waals surface area contributed by atoms with Crippen molar-refractivity contribution >= 4 is 5.91 Å². The zero-order valence-corrected chi connectivity index (χ0v) is 14.8. The molecule has 0 spiro atoms. The van der Waals surface area contributed by atoms with Crippen LogP contribution in [0.15, 0.2) is 47.4 Å². The first-order chi connectivity index (χ1) is 12.0. The first-order valence-corrected chi connectivity index (χ1v) is 8.39. The zero-order chi connectivity index (χ0) is 18.2. The van der Waals surface area contributed by atoms with Crippen molar-refractivity contribution in [3.05, 3.63) is 58.5 Å². The van der Waals surface area contributed by atoms with Gasteiger partial charge >= 0.3 is 0 Å². The molecule has 0 saturated heterocycles. The van der Waals surface area contributed by atoms with Gasteiger partial charge in [0.05, 0.1) is 19.3 Å². The number of hydrogen-bond donors (Lipinski definition) is 1. The fraction of sp³-hybridized carbons (Fsp3) is 0.368. The summed E-state index contributed by atoms with van der Waals surface area (Å²) < 4.78 is 12.5. The van der Waals surface area contributed by atoms with Crippen molar-refractivity contribution in [2.45, 2.75) is 33.4 Å². The summed E-state index contributed by atoms with van der Waals surface area (Å²) in [5.41, 5.74) is 0.700. The number of carbonyl (C=O) groups is 1. The molecule has 1 atom stereocenters. The van der Waals surface area contributed by atoms with Crippen LogP contribution in [0.25, 0.3) is 0 Å². The molecule has 1 N–H and O–H groups in total. The zero-order valence-electron chi connectivity index (χ0n) is 14.8. The molecule has 6 nitrogen and oxygen atoms in total. The van der Waals surface area contributed by atoms with Crippen molar-refractivity contribution < 1.29 is 14.3 Å². The van der Waals surface area contributed by atoms with Crippen LogP contribution in [0.1, 0.15) is 32.4 Å². The summed E-state index contributed by atoms with van der Waals surface area (Å²) in [4.78, 5) is 23.9. The third-order valence-corrected chi connectivity index (χ3v) is 3.66. The lowest BCUT2D eigenvalue weighted by atomic mass is 10.1. The Balaban J connectivity index is 2.08. The second-order valence-corrected chi connectivity index (χ2v) is 5.53. The maximum atomic E-state index is 12.2. The minimum absolute atomic E-state index is 0.0145. The van der Waals surface area contributed by atoms with Gasteiger partial charge in [-0.05, 0) is 44.5 Å². The molecule has 134 valence electrons. The monoisotopic (exact) mass is 344 g/mol. The summed E-state index contributed by atoms with van der Waals surface area (Å²) in [6.07, 6.45) is 1.59. The summed E-state index contributed by atoms with van der Waals surface area (Å²) in [6, 6.07) is 10.2. The third kappa shape index (κ3) is 5.11. The summed E-state index contributed by atoms with van der Waals surface area (Å²) in [5, 5.41) is 2.90. The number of amides is 1. The van der Waals surface area contributed by atoms with Crippen molar-refractivity contribution in [3.63, 3.8) is 0 Å². The van der Waals surface area contributed by atoms with E-state index in [1.165, 1.54) is 10.6 Å². The molecule has 0 bridgehead atoms. The second-order valence-electron chi connectivity index (χ2n) is 5.53. The van der Waals surface area contributed by atoms with Crippen LogP contribution in [0.3, 0.4) is 0 Å². The predicted molar refractivity (Wildman–Crippen MR) is 96.0 cm³/mol. The van der Waals surface area contributed by atoms with Crippen molar-refractivity contribution in [2.24, 2.45) is 0 Å². The van der Waals surface area contributed by atoms with Crippen LogP contribution in [0.4, 0.5) is 0 Å².